The first-order valence-corrected chi connectivity index (χ1v) is 5.18. The molecule has 1 heterocycles. The maximum Gasteiger partial charge on any atom is 0.402 e. The van der Waals surface area contributed by atoms with E-state index in [1.165, 1.54) is 6.92 Å². The number of alkyl halides is 3. The molecular weight excluding hydrogens is 233 g/mol. The van der Waals surface area contributed by atoms with Crippen LogP contribution in [-0.4, -0.2) is 12.1 Å². The van der Waals surface area contributed by atoms with Crippen LogP contribution in [-0.2, 0) is 15.1 Å². The van der Waals surface area contributed by atoms with E-state index in [0.717, 1.165) is 0 Å². The second-order valence-corrected chi connectivity index (χ2v) is 4.32. The van der Waals surface area contributed by atoms with Crippen molar-refractivity contribution in [2.45, 2.75) is 25.1 Å². The van der Waals surface area contributed by atoms with Crippen molar-refractivity contribution in [2.75, 3.05) is 0 Å². The number of halogens is 3. The molecule has 0 aromatic heterocycles. The number of benzene rings is 1. The Morgan fingerprint density at radius 3 is 2.35 bits per heavy atom. The van der Waals surface area contributed by atoms with Gasteiger partial charge in [0.1, 0.15) is 5.60 Å². The lowest BCUT2D eigenvalue weighted by Crippen LogP contribution is -2.27. The number of ether oxygens (including phenoxy) is 1. The molecule has 1 aromatic rings. The molecule has 92 valence electrons. The molecule has 1 fully saturated rings. The van der Waals surface area contributed by atoms with E-state index in [4.69, 9.17) is 4.74 Å². The second kappa shape index (κ2) is 3.75. The minimum atomic E-state index is -4.54. The summed E-state index contributed by atoms with van der Waals surface area (Å²) in [6.45, 7) is 1.51. The number of rotatable bonds is 1. The van der Waals surface area contributed by atoms with Crippen molar-refractivity contribution in [3.05, 3.63) is 35.9 Å². The molecule has 1 aliphatic rings. The lowest BCUT2D eigenvalue weighted by molar-refractivity contribution is -0.185. The predicted octanol–water partition coefficient (Wildman–Crippen LogP) is 3.03. The van der Waals surface area contributed by atoms with Crippen LogP contribution in [0.3, 0.4) is 0 Å². The topological polar surface area (TPSA) is 26.3 Å². The van der Waals surface area contributed by atoms with Crippen molar-refractivity contribution in [1.29, 1.82) is 0 Å². The molecule has 0 spiro atoms. The van der Waals surface area contributed by atoms with Gasteiger partial charge in [-0.3, -0.25) is 4.79 Å². The van der Waals surface area contributed by atoms with Gasteiger partial charge in [0.2, 0.25) is 0 Å². The lowest BCUT2D eigenvalue weighted by Gasteiger charge is -2.23. The molecule has 5 heteroatoms. The van der Waals surface area contributed by atoms with Crippen LogP contribution in [0.25, 0.3) is 0 Å². The van der Waals surface area contributed by atoms with Gasteiger partial charge in [0.15, 0.2) is 5.92 Å². The van der Waals surface area contributed by atoms with E-state index in [0.29, 0.717) is 5.56 Å². The Morgan fingerprint density at radius 2 is 1.88 bits per heavy atom. The molecule has 1 aliphatic heterocycles. The Morgan fingerprint density at radius 1 is 1.29 bits per heavy atom. The molecule has 0 unspecified atom stereocenters. The fourth-order valence-electron chi connectivity index (χ4n) is 2.02. The summed E-state index contributed by atoms with van der Waals surface area (Å²) in [5, 5.41) is 0. The average molecular weight is 244 g/mol. The van der Waals surface area contributed by atoms with Crippen LogP contribution in [0, 0.1) is 5.92 Å². The Hall–Kier alpha value is -1.52. The van der Waals surface area contributed by atoms with Crippen LogP contribution in [0.5, 0.6) is 0 Å². The fourth-order valence-corrected chi connectivity index (χ4v) is 2.02. The lowest BCUT2D eigenvalue weighted by atomic mass is 9.89. The zero-order valence-electron chi connectivity index (χ0n) is 9.12. The normalized spacial score (nSPS) is 29.2. The third kappa shape index (κ3) is 2.14. The first-order chi connectivity index (χ1) is 7.83. The summed E-state index contributed by atoms with van der Waals surface area (Å²) in [6.07, 6.45) is -4.90. The van der Waals surface area contributed by atoms with Crippen LogP contribution in [0.1, 0.15) is 18.9 Å². The van der Waals surface area contributed by atoms with Gasteiger partial charge < -0.3 is 4.74 Å². The van der Waals surface area contributed by atoms with Crippen LogP contribution in [0.2, 0.25) is 0 Å². The molecule has 0 saturated carbocycles. The van der Waals surface area contributed by atoms with Gasteiger partial charge in [-0.25, -0.2) is 0 Å². The summed E-state index contributed by atoms with van der Waals surface area (Å²) in [5.74, 6) is -3.21. The van der Waals surface area contributed by atoms with Crippen molar-refractivity contribution in [3.63, 3.8) is 0 Å². The summed E-state index contributed by atoms with van der Waals surface area (Å²) in [4.78, 5) is 11.3. The molecule has 1 aromatic carbocycles. The number of hydrogen-bond acceptors (Lipinski definition) is 2. The zero-order valence-corrected chi connectivity index (χ0v) is 9.12. The van der Waals surface area contributed by atoms with E-state index >= 15 is 0 Å². The zero-order chi connectivity index (χ0) is 12.7. The highest BCUT2D eigenvalue weighted by molar-refractivity contribution is 5.76. The van der Waals surface area contributed by atoms with Crippen LogP contribution >= 0.6 is 0 Å². The summed E-state index contributed by atoms with van der Waals surface area (Å²) in [5.41, 5.74) is -0.599. The van der Waals surface area contributed by atoms with Gasteiger partial charge in [0.05, 0.1) is 0 Å². The van der Waals surface area contributed by atoms with Crippen molar-refractivity contribution in [2.24, 2.45) is 5.92 Å². The molecule has 2 rings (SSSR count). The Bertz CT molecular complexity index is 427. The smallest absolute Gasteiger partial charge is 0.402 e. The predicted molar refractivity (Wildman–Crippen MR) is 54.0 cm³/mol. The van der Waals surface area contributed by atoms with Gasteiger partial charge in [0, 0.05) is 6.42 Å². The monoisotopic (exact) mass is 244 g/mol. The maximum atomic E-state index is 12.6. The third-order valence-electron chi connectivity index (χ3n) is 2.98. The van der Waals surface area contributed by atoms with Crippen molar-refractivity contribution in [1.82, 2.24) is 0 Å². The Kier molecular flexibility index (Phi) is 2.64. The third-order valence-corrected chi connectivity index (χ3v) is 2.98. The quantitative estimate of drug-likeness (QED) is 0.710. The number of cyclic esters (lactones) is 1. The summed E-state index contributed by atoms with van der Waals surface area (Å²) >= 11 is 0. The van der Waals surface area contributed by atoms with Gasteiger partial charge in [-0.1, -0.05) is 30.3 Å². The van der Waals surface area contributed by atoms with Crippen LogP contribution < -0.4 is 0 Å². The van der Waals surface area contributed by atoms with E-state index in [1.807, 2.05) is 0 Å². The molecule has 1 saturated heterocycles. The van der Waals surface area contributed by atoms with Crippen LogP contribution in [0.15, 0.2) is 30.3 Å². The molecule has 2 nitrogen and oxygen atoms in total. The molecule has 2 atom stereocenters. The van der Waals surface area contributed by atoms with E-state index in [1.54, 1.807) is 30.3 Å². The number of carbonyl (C=O) groups is 1. The summed E-state index contributed by atoms with van der Waals surface area (Å²) < 4.78 is 42.6. The number of carbonyl (C=O) groups excluding carboxylic acids is 1. The fraction of sp³-hybridized carbons (Fsp3) is 0.417. The number of hydrogen-bond donors (Lipinski definition) is 0. The van der Waals surface area contributed by atoms with Crippen LogP contribution in [0.4, 0.5) is 13.2 Å². The van der Waals surface area contributed by atoms with Crippen molar-refractivity contribution >= 4 is 5.97 Å². The average Bonchev–Trinajstić information content (AvgIpc) is 2.57. The van der Waals surface area contributed by atoms with Crippen molar-refractivity contribution < 1.29 is 22.7 Å². The summed E-state index contributed by atoms with van der Waals surface area (Å²) in [6, 6.07) is 8.48. The molecule has 0 aliphatic carbocycles. The van der Waals surface area contributed by atoms with E-state index in [-0.39, 0.29) is 6.42 Å². The minimum Gasteiger partial charge on any atom is -0.454 e. The highest BCUT2D eigenvalue weighted by Gasteiger charge is 2.56. The maximum absolute atomic E-state index is 12.6. The van der Waals surface area contributed by atoms with Gasteiger partial charge >= 0.3 is 12.1 Å². The van der Waals surface area contributed by atoms with Gasteiger partial charge in [-0.05, 0) is 12.5 Å². The molecule has 0 bridgehead atoms. The van der Waals surface area contributed by atoms with E-state index in [2.05, 4.69) is 0 Å². The number of esters is 1. The Labute approximate surface area is 96.4 Å². The first-order valence-electron chi connectivity index (χ1n) is 5.18. The summed E-state index contributed by atoms with van der Waals surface area (Å²) in [7, 11) is 0. The highest BCUT2D eigenvalue weighted by Crippen LogP contribution is 2.45. The molecule has 0 N–H and O–H groups in total. The Balaban J connectivity index is 2.29. The van der Waals surface area contributed by atoms with Gasteiger partial charge in [-0.15, -0.1) is 0 Å². The molecule has 0 amide bonds. The SMILES string of the molecule is C[C@@]1(c2ccccc2)C[C@H](C(F)(F)F)C(=O)O1. The van der Waals surface area contributed by atoms with E-state index < -0.39 is 23.7 Å². The highest BCUT2D eigenvalue weighted by atomic mass is 19.4. The molecule has 17 heavy (non-hydrogen) atoms. The minimum absolute atomic E-state index is 0.362. The second-order valence-electron chi connectivity index (χ2n) is 4.32. The van der Waals surface area contributed by atoms with Crippen molar-refractivity contribution in [3.8, 4) is 0 Å². The standard InChI is InChI=1S/C12H11F3O2/c1-11(8-5-3-2-4-6-8)7-9(10(16)17-11)12(13,14)15/h2-6,9H,7H2,1H3/t9-,11-/m0/s1. The van der Waals surface area contributed by atoms with E-state index in [9.17, 15) is 18.0 Å². The van der Waals surface area contributed by atoms with Gasteiger partial charge in [-0.2, -0.15) is 13.2 Å². The molecule has 0 radical (unpaired) electrons. The largest absolute Gasteiger partial charge is 0.454 e. The van der Waals surface area contributed by atoms with Gasteiger partial charge in [0.25, 0.3) is 0 Å². The first kappa shape index (κ1) is 12.0. The molecular formula is C12H11F3O2.